The van der Waals surface area contributed by atoms with Gasteiger partial charge in [-0.05, 0) is 19.8 Å². The highest BCUT2D eigenvalue weighted by Crippen LogP contribution is 1.94. The number of aliphatic hydroxyl groups is 1. The number of carboxylic acid groups (broad SMARTS) is 2. The summed E-state index contributed by atoms with van der Waals surface area (Å²) in [5.41, 5.74) is 20.2. The number of hydrogen-bond donors (Lipinski definition) is 7. The standard InChI is InChI=1S/C6H14N4O2.C4H9NO3/c7-4(5(11)12)2-1-3-10-6(8)9;1-2(6)3(5)4(7)8/h4H,1-3,7H2,(H,11,12)(H4,8,9,10);2-3,6H,5H2,1H3,(H,7,8). The molecule has 0 aromatic heterocycles. The van der Waals surface area contributed by atoms with Crippen molar-refractivity contribution in [3.8, 4) is 0 Å². The SMILES string of the molecule is CC(O)C(N)C(=O)O.NC(N)=NCCCC(N)C(=O)O. The van der Waals surface area contributed by atoms with E-state index >= 15 is 0 Å². The van der Waals surface area contributed by atoms with Gasteiger partial charge in [0, 0.05) is 6.54 Å². The van der Waals surface area contributed by atoms with Gasteiger partial charge in [0.25, 0.3) is 0 Å². The Kier molecular flexibility index (Phi) is 11.2. The number of nitrogens with two attached hydrogens (primary N) is 4. The second kappa shape index (κ2) is 11.0. The molecule has 0 aliphatic rings. The highest BCUT2D eigenvalue weighted by Gasteiger charge is 2.16. The lowest BCUT2D eigenvalue weighted by molar-refractivity contribution is -0.141. The van der Waals surface area contributed by atoms with Crippen LogP contribution in [0.4, 0.5) is 0 Å². The second-order valence-electron chi connectivity index (χ2n) is 4.00. The van der Waals surface area contributed by atoms with E-state index in [2.05, 4.69) is 4.99 Å². The Hall–Kier alpha value is -1.91. The summed E-state index contributed by atoms with van der Waals surface area (Å²) >= 11 is 0. The molecule has 3 atom stereocenters. The summed E-state index contributed by atoms with van der Waals surface area (Å²) in [5, 5.41) is 24.9. The zero-order valence-corrected chi connectivity index (χ0v) is 11.3. The van der Waals surface area contributed by atoms with E-state index in [-0.39, 0.29) is 5.96 Å². The number of carbonyl (C=O) groups is 2. The fourth-order valence-electron chi connectivity index (χ4n) is 0.849. The molecule has 0 saturated carbocycles. The number of nitrogens with zero attached hydrogens (tertiary/aromatic N) is 1. The van der Waals surface area contributed by atoms with Crippen LogP contribution in [-0.2, 0) is 9.59 Å². The maximum absolute atomic E-state index is 10.2. The van der Waals surface area contributed by atoms with Crippen molar-refractivity contribution in [2.75, 3.05) is 6.54 Å². The third-order valence-corrected chi connectivity index (χ3v) is 2.09. The van der Waals surface area contributed by atoms with Crippen LogP contribution in [0.3, 0.4) is 0 Å². The second-order valence-corrected chi connectivity index (χ2v) is 4.00. The van der Waals surface area contributed by atoms with Gasteiger partial charge in [-0.15, -0.1) is 0 Å². The van der Waals surface area contributed by atoms with E-state index in [1.54, 1.807) is 0 Å². The molecule has 118 valence electrons. The molecule has 0 aliphatic heterocycles. The average molecular weight is 293 g/mol. The van der Waals surface area contributed by atoms with E-state index in [4.69, 9.17) is 38.3 Å². The molecular weight excluding hydrogens is 270 g/mol. The van der Waals surface area contributed by atoms with Gasteiger partial charge in [-0.3, -0.25) is 14.6 Å². The molecule has 0 amide bonds. The highest BCUT2D eigenvalue weighted by atomic mass is 16.4. The third kappa shape index (κ3) is 12.5. The number of hydrogen-bond acceptors (Lipinski definition) is 6. The summed E-state index contributed by atoms with van der Waals surface area (Å²) in [7, 11) is 0. The van der Waals surface area contributed by atoms with Crippen molar-refractivity contribution < 1.29 is 24.9 Å². The Balaban J connectivity index is 0. The monoisotopic (exact) mass is 293 g/mol. The van der Waals surface area contributed by atoms with Crippen LogP contribution in [-0.4, -0.2) is 58.0 Å². The Morgan fingerprint density at radius 1 is 1.15 bits per heavy atom. The number of guanidine groups is 1. The smallest absolute Gasteiger partial charge is 0.323 e. The Morgan fingerprint density at radius 3 is 1.90 bits per heavy atom. The van der Waals surface area contributed by atoms with Crippen molar-refractivity contribution in [2.45, 2.75) is 38.0 Å². The average Bonchev–Trinajstić information content (AvgIpc) is 2.33. The predicted molar refractivity (Wildman–Crippen MR) is 72.8 cm³/mol. The lowest BCUT2D eigenvalue weighted by atomic mass is 10.2. The van der Waals surface area contributed by atoms with Crippen molar-refractivity contribution in [3.63, 3.8) is 0 Å². The fourth-order valence-corrected chi connectivity index (χ4v) is 0.849. The molecule has 10 heteroatoms. The van der Waals surface area contributed by atoms with Crippen molar-refractivity contribution >= 4 is 17.9 Å². The normalized spacial score (nSPS) is 14.2. The largest absolute Gasteiger partial charge is 0.480 e. The lowest BCUT2D eigenvalue weighted by Gasteiger charge is -2.06. The van der Waals surface area contributed by atoms with Gasteiger partial charge in [0.2, 0.25) is 0 Å². The van der Waals surface area contributed by atoms with Gasteiger partial charge >= 0.3 is 11.9 Å². The molecule has 20 heavy (non-hydrogen) atoms. The zero-order chi connectivity index (χ0) is 16.3. The molecule has 0 rings (SSSR count). The molecule has 0 bridgehead atoms. The minimum atomic E-state index is -1.18. The maximum Gasteiger partial charge on any atom is 0.323 e. The molecule has 0 aromatic carbocycles. The van der Waals surface area contributed by atoms with E-state index < -0.39 is 30.1 Å². The number of aliphatic hydroxyl groups excluding tert-OH is 1. The molecule has 0 aliphatic carbocycles. The van der Waals surface area contributed by atoms with E-state index in [9.17, 15) is 9.59 Å². The lowest BCUT2D eigenvalue weighted by Crippen LogP contribution is -2.39. The minimum Gasteiger partial charge on any atom is -0.480 e. The van der Waals surface area contributed by atoms with Crippen LogP contribution in [0.15, 0.2) is 4.99 Å². The predicted octanol–water partition coefficient (Wildman–Crippen LogP) is -2.77. The van der Waals surface area contributed by atoms with Crippen molar-refractivity contribution in [3.05, 3.63) is 0 Å². The fraction of sp³-hybridized carbons (Fsp3) is 0.700. The van der Waals surface area contributed by atoms with Gasteiger partial charge in [-0.25, -0.2) is 0 Å². The highest BCUT2D eigenvalue weighted by molar-refractivity contribution is 5.75. The van der Waals surface area contributed by atoms with Gasteiger partial charge < -0.3 is 38.3 Å². The van der Waals surface area contributed by atoms with Gasteiger partial charge in [0.15, 0.2) is 5.96 Å². The summed E-state index contributed by atoms with van der Waals surface area (Å²) < 4.78 is 0. The topological polar surface area (TPSA) is 211 Å². The molecule has 0 spiro atoms. The first-order valence-corrected chi connectivity index (χ1v) is 5.79. The Labute approximate surface area is 116 Å². The molecular formula is C10H23N5O5. The summed E-state index contributed by atoms with van der Waals surface area (Å²) in [6.07, 6.45) is -0.0233. The molecule has 11 N–H and O–H groups in total. The summed E-state index contributed by atoms with van der Waals surface area (Å²) in [4.78, 5) is 23.8. The molecule has 0 aromatic rings. The molecule has 0 fully saturated rings. The van der Waals surface area contributed by atoms with Crippen molar-refractivity contribution in [2.24, 2.45) is 27.9 Å². The van der Waals surface area contributed by atoms with Gasteiger partial charge in [-0.1, -0.05) is 0 Å². The Bertz CT molecular complexity index is 330. The van der Waals surface area contributed by atoms with Crippen LogP contribution >= 0.6 is 0 Å². The first-order valence-electron chi connectivity index (χ1n) is 5.79. The molecule has 10 nitrogen and oxygen atoms in total. The molecule has 0 radical (unpaired) electrons. The van der Waals surface area contributed by atoms with Crippen molar-refractivity contribution in [1.29, 1.82) is 0 Å². The van der Waals surface area contributed by atoms with E-state index in [1.807, 2.05) is 0 Å². The number of aliphatic imine (C=N–C) groups is 1. The zero-order valence-electron chi connectivity index (χ0n) is 11.3. The molecule has 0 saturated heterocycles. The summed E-state index contributed by atoms with van der Waals surface area (Å²) in [6.45, 7) is 1.75. The summed E-state index contributed by atoms with van der Waals surface area (Å²) in [6, 6.07) is -1.98. The first-order chi connectivity index (χ1) is 9.09. The van der Waals surface area contributed by atoms with Gasteiger partial charge in [0.1, 0.15) is 12.1 Å². The first kappa shape index (κ1) is 20.4. The number of rotatable bonds is 7. The van der Waals surface area contributed by atoms with E-state index in [0.29, 0.717) is 19.4 Å². The maximum atomic E-state index is 10.2. The van der Waals surface area contributed by atoms with Crippen LogP contribution in [0.2, 0.25) is 0 Å². The third-order valence-electron chi connectivity index (χ3n) is 2.09. The van der Waals surface area contributed by atoms with Crippen LogP contribution in [0.1, 0.15) is 19.8 Å². The van der Waals surface area contributed by atoms with Crippen LogP contribution in [0, 0.1) is 0 Å². The minimum absolute atomic E-state index is 0.0129. The van der Waals surface area contributed by atoms with E-state index in [1.165, 1.54) is 6.92 Å². The van der Waals surface area contributed by atoms with Gasteiger partial charge in [-0.2, -0.15) is 0 Å². The number of aliphatic carboxylic acids is 2. The molecule has 3 unspecified atom stereocenters. The van der Waals surface area contributed by atoms with Crippen LogP contribution in [0.5, 0.6) is 0 Å². The van der Waals surface area contributed by atoms with Gasteiger partial charge in [0.05, 0.1) is 6.10 Å². The quantitative estimate of drug-likeness (QED) is 0.147. The van der Waals surface area contributed by atoms with Crippen LogP contribution in [0.25, 0.3) is 0 Å². The molecule has 0 heterocycles. The van der Waals surface area contributed by atoms with E-state index in [0.717, 1.165) is 0 Å². The summed E-state index contributed by atoms with van der Waals surface area (Å²) in [5.74, 6) is -2.17. The Morgan fingerprint density at radius 2 is 1.65 bits per heavy atom. The van der Waals surface area contributed by atoms with Crippen LogP contribution < -0.4 is 22.9 Å². The number of carboxylic acids is 2. The van der Waals surface area contributed by atoms with Crippen molar-refractivity contribution in [1.82, 2.24) is 0 Å².